The molecule has 0 radical (unpaired) electrons. The quantitative estimate of drug-likeness (QED) is 0.402. The van der Waals surface area contributed by atoms with Crippen LogP contribution >= 0.6 is 11.6 Å². The van der Waals surface area contributed by atoms with Gasteiger partial charge in [-0.25, -0.2) is 17.2 Å². The van der Waals surface area contributed by atoms with Crippen molar-refractivity contribution in [1.82, 2.24) is 29.6 Å². The number of nitrogens with zero attached hydrogens (tertiary/aromatic N) is 4. The van der Waals surface area contributed by atoms with E-state index < -0.39 is 33.6 Å². The molecule has 226 valence electrons. The number of amides is 2. The van der Waals surface area contributed by atoms with Gasteiger partial charge in [0.2, 0.25) is 21.8 Å². The Hall–Kier alpha value is -2.61. The Kier molecular flexibility index (Phi) is 10.0. The molecule has 2 aliphatic rings. The number of halogens is 3. The molecule has 1 aromatic heterocycles. The molecule has 2 fully saturated rings. The molecule has 2 aliphatic heterocycles. The molecule has 41 heavy (non-hydrogen) atoms. The molecule has 2 saturated heterocycles. The normalized spacial score (nSPS) is 20.9. The number of carbonyl (C=O) groups excluding carboxylic acids is 2. The van der Waals surface area contributed by atoms with Gasteiger partial charge in [0.15, 0.2) is 0 Å². The summed E-state index contributed by atoms with van der Waals surface area (Å²) in [6.07, 6.45) is 2.30. The van der Waals surface area contributed by atoms with Gasteiger partial charge in [-0.1, -0.05) is 24.9 Å². The molecule has 2 amide bonds. The van der Waals surface area contributed by atoms with Crippen molar-refractivity contribution in [2.75, 3.05) is 32.7 Å². The molecule has 2 unspecified atom stereocenters. The maximum absolute atomic E-state index is 14.0. The summed E-state index contributed by atoms with van der Waals surface area (Å²) in [6, 6.07) is 2.26. The highest BCUT2D eigenvalue weighted by atomic mass is 35.5. The zero-order valence-electron chi connectivity index (χ0n) is 23.5. The van der Waals surface area contributed by atoms with Gasteiger partial charge in [-0.05, 0) is 43.9 Å². The van der Waals surface area contributed by atoms with E-state index >= 15 is 0 Å². The van der Waals surface area contributed by atoms with Crippen molar-refractivity contribution >= 4 is 33.4 Å². The smallest absolute Gasteiger partial charge is 0.248 e. The summed E-state index contributed by atoms with van der Waals surface area (Å²) < 4.78 is 57.6. The number of aromatic nitrogens is 2. The van der Waals surface area contributed by atoms with Gasteiger partial charge in [-0.3, -0.25) is 14.3 Å². The van der Waals surface area contributed by atoms with Gasteiger partial charge in [0.05, 0.1) is 11.6 Å². The summed E-state index contributed by atoms with van der Waals surface area (Å²) in [4.78, 5) is 27.4. The number of carbonyl (C=O) groups is 2. The van der Waals surface area contributed by atoms with Crippen LogP contribution in [-0.4, -0.2) is 84.0 Å². The molecule has 0 aliphatic carbocycles. The molecule has 2 N–H and O–H groups in total. The predicted molar refractivity (Wildman–Crippen MR) is 150 cm³/mol. The number of aryl methyl sites for hydroxylation is 2. The standard InChI is InChI=1S/C27H37ClF2N6O4S/c1-4-5-7-35-15-19(12-24(35)37)27(38)32-22(11-18-9-20(29)13-21(30)10-18)14-23-16-36(8-6-31-23)41(39,40)25-17(2)33-34(3)26(25)28/h9-10,13,19,22-23,31H,4-8,11-12,14-16H2,1-3H3,(H,32,38)/t19?,22?,23-/m0/s1. The summed E-state index contributed by atoms with van der Waals surface area (Å²) >= 11 is 6.27. The third-order valence-corrected chi connectivity index (χ3v) is 10.2. The third kappa shape index (κ3) is 7.43. The van der Waals surface area contributed by atoms with Crippen LogP contribution in [0, 0.1) is 24.5 Å². The fourth-order valence-electron chi connectivity index (χ4n) is 5.59. The number of sulfonamides is 1. The number of hydrogen-bond donors (Lipinski definition) is 2. The topological polar surface area (TPSA) is 117 Å². The van der Waals surface area contributed by atoms with Crippen molar-refractivity contribution in [2.45, 2.75) is 62.9 Å². The monoisotopic (exact) mass is 614 g/mol. The van der Waals surface area contributed by atoms with E-state index in [0.29, 0.717) is 30.9 Å². The van der Waals surface area contributed by atoms with Gasteiger partial charge in [0.1, 0.15) is 21.7 Å². The van der Waals surface area contributed by atoms with Gasteiger partial charge < -0.3 is 15.5 Å². The number of nitrogens with one attached hydrogen (secondary N) is 2. The highest BCUT2D eigenvalue weighted by molar-refractivity contribution is 7.89. The van der Waals surface area contributed by atoms with Gasteiger partial charge in [-0.2, -0.15) is 9.40 Å². The Labute approximate surface area is 244 Å². The maximum atomic E-state index is 14.0. The Balaban J connectivity index is 1.50. The molecule has 10 nitrogen and oxygen atoms in total. The fraction of sp³-hybridized carbons (Fsp3) is 0.593. The third-order valence-electron chi connectivity index (χ3n) is 7.60. The average molecular weight is 615 g/mol. The Morgan fingerprint density at radius 3 is 2.59 bits per heavy atom. The fourth-order valence-corrected chi connectivity index (χ4v) is 7.78. The lowest BCUT2D eigenvalue weighted by atomic mass is 9.97. The molecule has 0 saturated carbocycles. The van der Waals surface area contributed by atoms with Gasteiger partial charge in [-0.15, -0.1) is 0 Å². The number of likely N-dealkylation sites (tertiary alicyclic amines) is 1. The Morgan fingerprint density at radius 2 is 1.95 bits per heavy atom. The minimum atomic E-state index is -3.95. The number of rotatable bonds is 11. The van der Waals surface area contributed by atoms with Crippen LogP contribution in [0.15, 0.2) is 23.1 Å². The number of benzene rings is 1. The van der Waals surface area contributed by atoms with Crippen LogP contribution in [0.5, 0.6) is 0 Å². The first kappa shape index (κ1) is 31.3. The van der Waals surface area contributed by atoms with E-state index in [4.69, 9.17) is 11.6 Å². The lowest BCUT2D eigenvalue weighted by Crippen LogP contribution is -2.55. The molecular formula is C27H37ClF2N6O4S. The van der Waals surface area contributed by atoms with E-state index in [1.165, 1.54) is 21.1 Å². The maximum Gasteiger partial charge on any atom is 0.248 e. The van der Waals surface area contributed by atoms with Crippen LogP contribution in [0.3, 0.4) is 0 Å². The summed E-state index contributed by atoms with van der Waals surface area (Å²) in [7, 11) is -2.38. The molecule has 3 heterocycles. The van der Waals surface area contributed by atoms with Gasteiger partial charge >= 0.3 is 0 Å². The van der Waals surface area contributed by atoms with Crippen molar-refractivity contribution in [3.63, 3.8) is 0 Å². The Morgan fingerprint density at radius 1 is 1.24 bits per heavy atom. The van der Waals surface area contributed by atoms with Crippen molar-refractivity contribution < 1.29 is 26.8 Å². The predicted octanol–water partition coefficient (Wildman–Crippen LogP) is 2.39. The summed E-state index contributed by atoms with van der Waals surface area (Å²) in [5.74, 6) is -2.36. The van der Waals surface area contributed by atoms with Crippen LogP contribution in [0.2, 0.25) is 5.15 Å². The van der Waals surface area contributed by atoms with Gasteiger partial charge in [0.25, 0.3) is 0 Å². The van der Waals surface area contributed by atoms with E-state index in [0.717, 1.165) is 18.9 Å². The molecule has 3 atom stereocenters. The summed E-state index contributed by atoms with van der Waals surface area (Å²) in [5, 5.41) is 10.4. The molecule has 1 aromatic carbocycles. The first-order valence-electron chi connectivity index (χ1n) is 13.8. The second-order valence-electron chi connectivity index (χ2n) is 10.9. The van der Waals surface area contributed by atoms with Crippen LogP contribution < -0.4 is 10.6 Å². The van der Waals surface area contributed by atoms with Gasteiger partial charge in [0, 0.05) is 64.3 Å². The largest absolute Gasteiger partial charge is 0.353 e. The van der Waals surface area contributed by atoms with Crippen LogP contribution in [0.1, 0.15) is 43.9 Å². The highest BCUT2D eigenvalue weighted by Gasteiger charge is 2.37. The number of unbranched alkanes of at least 4 members (excludes halogenated alkanes) is 1. The SMILES string of the molecule is CCCCN1CC(C(=O)NC(Cc2cc(F)cc(F)c2)C[C@H]2CN(S(=O)(=O)c3c(C)nn(C)c3Cl)CCN2)CC1=O. The first-order chi connectivity index (χ1) is 19.4. The van der Waals surface area contributed by atoms with E-state index in [1.807, 2.05) is 6.92 Å². The van der Waals surface area contributed by atoms with Crippen molar-refractivity contribution in [3.05, 3.63) is 46.2 Å². The number of hydrogen-bond acceptors (Lipinski definition) is 6. The first-order valence-corrected chi connectivity index (χ1v) is 15.7. The van der Waals surface area contributed by atoms with E-state index in [2.05, 4.69) is 15.7 Å². The Bertz CT molecular complexity index is 1370. The van der Waals surface area contributed by atoms with E-state index in [-0.39, 0.29) is 60.3 Å². The molecular weight excluding hydrogens is 578 g/mol. The van der Waals surface area contributed by atoms with E-state index in [1.54, 1.807) is 18.9 Å². The van der Waals surface area contributed by atoms with Crippen LogP contribution in [-0.2, 0) is 33.1 Å². The second-order valence-corrected chi connectivity index (χ2v) is 13.1. The zero-order chi connectivity index (χ0) is 29.9. The van der Waals surface area contributed by atoms with Crippen LogP contribution in [0.4, 0.5) is 8.78 Å². The lowest BCUT2D eigenvalue weighted by molar-refractivity contribution is -0.129. The number of piperazine rings is 1. The van der Waals surface area contributed by atoms with Crippen molar-refractivity contribution in [2.24, 2.45) is 13.0 Å². The molecule has 4 rings (SSSR count). The van der Waals surface area contributed by atoms with E-state index in [9.17, 15) is 26.8 Å². The summed E-state index contributed by atoms with van der Waals surface area (Å²) in [6.45, 7) is 5.21. The molecule has 14 heteroatoms. The average Bonchev–Trinajstić information content (AvgIpc) is 3.39. The summed E-state index contributed by atoms with van der Waals surface area (Å²) in [5.41, 5.74) is 0.655. The second kappa shape index (κ2) is 13.1. The molecule has 2 aromatic rings. The van der Waals surface area contributed by atoms with Crippen LogP contribution in [0.25, 0.3) is 0 Å². The minimum Gasteiger partial charge on any atom is -0.353 e. The lowest BCUT2D eigenvalue weighted by Gasteiger charge is -2.35. The zero-order valence-corrected chi connectivity index (χ0v) is 25.1. The molecule has 0 bridgehead atoms. The minimum absolute atomic E-state index is 0.0231. The van der Waals surface area contributed by atoms with Crippen molar-refractivity contribution in [1.29, 1.82) is 0 Å². The van der Waals surface area contributed by atoms with Crippen molar-refractivity contribution in [3.8, 4) is 0 Å². The highest BCUT2D eigenvalue weighted by Crippen LogP contribution is 2.28. The molecule has 0 spiro atoms.